The van der Waals surface area contributed by atoms with Crippen LogP contribution in [0.4, 0.5) is 0 Å². The molecule has 0 aliphatic carbocycles. The van der Waals surface area contributed by atoms with Gasteiger partial charge in [-0.3, -0.25) is 5.84 Å². The fourth-order valence-electron chi connectivity index (χ4n) is 0.632. The zero-order valence-electron chi connectivity index (χ0n) is 6.89. The lowest BCUT2D eigenvalue weighted by Crippen LogP contribution is -2.39. The van der Waals surface area contributed by atoms with Crippen LogP contribution in [0.3, 0.4) is 0 Å². The van der Waals surface area contributed by atoms with E-state index < -0.39 is 0 Å². The second-order valence-corrected chi connectivity index (χ2v) is 3.18. The normalized spacial score (nSPS) is 12.0. The van der Waals surface area contributed by atoms with Crippen LogP contribution < -0.4 is 5.84 Å². The van der Waals surface area contributed by atoms with Gasteiger partial charge in [-0.1, -0.05) is 13.8 Å². The molecule has 2 N–H and O–H groups in total. The predicted octanol–water partition coefficient (Wildman–Crippen LogP) is 1.23. The lowest BCUT2D eigenvalue weighted by Gasteiger charge is -2.22. The highest BCUT2D eigenvalue weighted by Gasteiger charge is 2.04. The van der Waals surface area contributed by atoms with Gasteiger partial charge < -0.3 is 0 Å². The van der Waals surface area contributed by atoms with Gasteiger partial charge in [0.05, 0.1) is 0 Å². The van der Waals surface area contributed by atoms with E-state index in [1.807, 2.05) is 5.01 Å². The molecule has 0 saturated heterocycles. The third-order valence-electron chi connectivity index (χ3n) is 1.24. The van der Waals surface area contributed by atoms with Crippen LogP contribution in [0.2, 0.25) is 0 Å². The van der Waals surface area contributed by atoms with Gasteiger partial charge in [-0.25, -0.2) is 5.01 Å². The van der Waals surface area contributed by atoms with Gasteiger partial charge in [0, 0.05) is 12.6 Å². The van der Waals surface area contributed by atoms with Crippen molar-refractivity contribution in [1.82, 2.24) is 5.01 Å². The van der Waals surface area contributed by atoms with E-state index in [9.17, 15) is 0 Å². The first-order chi connectivity index (χ1) is 4.04. The number of nitrogens with zero attached hydrogens (tertiary/aromatic N) is 1. The average Bonchev–Trinajstić information content (AvgIpc) is 1.63. The molecule has 0 saturated carbocycles. The molecule has 0 heterocycles. The molecule has 0 radical (unpaired) electrons. The summed E-state index contributed by atoms with van der Waals surface area (Å²) in [5.74, 6) is 6.32. The lowest BCUT2D eigenvalue weighted by molar-refractivity contribution is 0.202. The molecule has 0 aliphatic rings. The summed E-state index contributed by atoms with van der Waals surface area (Å²) in [6.07, 6.45) is 0. The minimum absolute atomic E-state index is 0.465. The monoisotopic (exact) mass is 130 g/mol. The van der Waals surface area contributed by atoms with Crippen molar-refractivity contribution in [2.45, 2.75) is 33.7 Å². The Balaban J connectivity index is 3.38. The molecule has 0 aliphatic heterocycles. The topological polar surface area (TPSA) is 29.3 Å². The summed E-state index contributed by atoms with van der Waals surface area (Å²) in [5, 5.41) is 1.87. The van der Waals surface area contributed by atoms with Crippen molar-refractivity contribution in [2.75, 3.05) is 6.54 Å². The van der Waals surface area contributed by atoms with Crippen LogP contribution in [0.15, 0.2) is 0 Å². The first-order valence-electron chi connectivity index (χ1n) is 3.55. The van der Waals surface area contributed by atoms with Crippen molar-refractivity contribution in [1.29, 1.82) is 0 Å². The molecule has 56 valence electrons. The highest BCUT2D eigenvalue weighted by atomic mass is 15.4. The average molecular weight is 130 g/mol. The van der Waals surface area contributed by atoms with E-state index in [0.717, 1.165) is 6.54 Å². The first kappa shape index (κ1) is 8.92. The van der Waals surface area contributed by atoms with Crippen LogP contribution in [-0.4, -0.2) is 17.6 Å². The second-order valence-electron chi connectivity index (χ2n) is 3.18. The number of hydrazine groups is 1. The van der Waals surface area contributed by atoms with E-state index in [1.54, 1.807) is 0 Å². The van der Waals surface area contributed by atoms with Gasteiger partial charge in [-0.05, 0) is 19.8 Å². The van der Waals surface area contributed by atoms with E-state index in [2.05, 4.69) is 27.7 Å². The zero-order valence-corrected chi connectivity index (χ0v) is 6.89. The molecule has 0 bridgehead atoms. The van der Waals surface area contributed by atoms with E-state index >= 15 is 0 Å². The molecule has 0 aromatic heterocycles. The van der Waals surface area contributed by atoms with Crippen molar-refractivity contribution in [2.24, 2.45) is 11.8 Å². The van der Waals surface area contributed by atoms with E-state index in [0.29, 0.717) is 12.0 Å². The van der Waals surface area contributed by atoms with Gasteiger partial charge in [-0.15, -0.1) is 0 Å². The Morgan fingerprint density at radius 3 is 1.78 bits per heavy atom. The number of hydrogen-bond donors (Lipinski definition) is 1. The summed E-state index contributed by atoms with van der Waals surface area (Å²) in [6, 6.07) is 0.465. The van der Waals surface area contributed by atoms with Crippen molar-refractivity contribution < 1.29 is 0 Å². The highest BCUT2D eigenvalue weighted by molar-refractivity contribution is 4.55. The summed E-state index contributed by atoms with van der Waals surface area (Å²) in [7, 11) is 0. The smallest absolute Gasteiger partial charge is 0.0184 e. The number of rotatable bonds is 3. The van der Waals surface area contributed by atoms with Crippen LogP contribution in [0.5, 0.6) is 0 Å². The van der Waals surface area contributed by atoms with E-state index in [1.165, 1.54) is 0 Å². The fourth-order valence-corrected chi connectivity index (χ4v) is 0.632. The molecule has 9 heavy (non-hydrogen) atoms. The molecule has 0 amide bonds. The quantitative estimate of drug-likeness (QED) is 0.460. The lowest BCUT2D eigenvalue weighted by atomic mass is 10.2. The van der Waals surface area contributed by atoms with Gasteiger partial charge in [0.2, 0.25) is 0 Å². The SMILES string of the molecule is CC(C)CN(N)C(C)C. The maximum absolute atomic E-state index is 5.65. The minimum Gasteiger partial charge on any atom is -0.269 e. The van der Waals surface area contributed by atoms with Crippen LogP contribution in [-0.2, 0) is 0 Å². The molecular formula is C7H18N2. The van der Waals surface area contributed by atoms with Gasteiger partial charge in [0.15, 0.2) is 0 Å². The molecule has 2 nitrogen and oxygen atoms in total. The van der Waals surface area contributed by atoms with Gasteiger partial charge >= 0.3 is 0 Å². The summed E-state index contributed by atoms with van der Waals surface area (Å²) >= 11 is 0. The Labute approximate surface area is 58.0 Å². The molecule has 0 atom stereocenters. The fraction of sp³-hybridized carbons (Fsp3) is 1.00. The Hall–Kier alpha value is -0.0800. The van der Waals surface area contributed by atoms with Gasteiger partial charge in [0.1, 0.15) is 0 Å². The third-order valence-corrected chi connectivity index (χ3v) is 1.24. The van der Waals surface area contributed by atoms with E-state index in [-0.39, 0.29) is 0 Å². The van der Waals surface area contributed by atoms with Crippen molar-refractivity contribution >= 4 is 0 Å². The summed E-state index contributed by atoms with van der Waals surface area (Å²) < 4.78 is 0. The molecule has 0 aromatic rings. The van der Waals surface area contributed by atoms with E-state index in [4.69, 9.17) is 5.84 Å². The first-order valence-corrected chi connectivity index (χ1v) is 3.55. The molecule has 2 heteroatoms. The minimum atomic E-state index is 0.465. The van der Waals surface area contributed by atoms with Crippen LogP contribution in [0, 0.1) is 5.92 Å². The van der Waals surface area contributed by atoms with Gasteiger partial charge in [0.25, 0.3) is 0 Å². The van der Waals surface area contributed by atoms with Gasteiger partial charge in [-0.2, -0.15) is 0 Å². The van der Waals surface area contributed by atoms with Crippen LogP contribution in [0.1, 0.15) is 27.7 Å². The predicted molar refractivity (Wildman–Crippen MR) is 40.9 cm³/mol. The summed E-state index contributed by atoms with van der Waals surface area (Å²) in [4.78, 5) is 0. The Bertz CT molecular complexity index is 69.3. The molecule has 0 aromatic carbocycles. The number of hydrogen-bond acceptors (Lipinski definition) is 2. The summed E-state index contributed by atoms with van der Waals surface area (Å²) in [6.45, 7) is 9.52. The maximum atomic E-state index is 5.65. The highest BCUT2D eigenvalue weighted by Crippen LogP contribution is 1.96. The summed E-state index contributed by atoms with van der Waals surface area (Å²) in [5.41, 5.74) is 0. The van der Waals surface area contributed by atoms with Crippen molar-refractivity contribution in [3.8, 4) is 0 Å². The van der Waals surface area contributed by atoms with Crippen molar-refractivity contribution in [3.63, 3.8) is 0 Å². The Morgan fingerprint density at radius 2 is 1.67 bits per heavy atom. The third kappa shape index (κ3) is 4.43. The molecular weight excluding hydrogens is 112 g/mol. The van der Waals surface area contributed by atoms with Crippen molar-refractivity contribution in [3.05, 3.63) is 0 Å². The second kappa shape index (κ2) is 3.85. The molecule has 0 fully saturated rings. The molecule has 0 unspecified atom stereocenters. The number of nitrogens with two attached hydrogens (primary N) is 1. The van der Waals surface area contributed by atoms with Crippen LogP contribution >= 0.6 is 0 Å². The molecule has 0 spiro atoms. The maximum Gasteiger partial charge on any atom is 0.0184 e. The largest absolute Gasteiger partial charge is 0.269 e. The Kier molecular flexibility index (Phi) is 3.82. The van der Waals surface area contributed by atoms with Crippen LogP contribution in [0.25, 0.3) is 0 Å². The molecule has 0 rings (SSSR count). The standard InChI is InChI=1S/C7H18N2/c1-6(2)5-9(8)7(3)4/h6-7H,5,8H2,1-4H3. The Morgan fingerprint density at radius 1 is 1.22 bits per heavy atom. The zero-order chi connectivity index (χ0) is 7.44.